The van der Waals surface area contributed by atoms with E-state index in [0.717, 1.165) is 0 Å². The fourth-order valence-electron chi connectivity index (χ4n) is 1.30. The van der Waals surface area contributed by atoms with Crippen molar-refractivity contribution in [2.75, 3.05) is 6.61 Å². The molecule has 0 aliphatic carbocycles. The number of hydrogen-bond acceptors (Lipinski definition) is 2. The van der Waals surface area contributed by atoms with E-state index in [1.54, 1.807) is 16.9 Å². The number of aromatic nitrogens is 2. The highest BCUT2D eigenvalue weighted by molar-refractivity contribution is 6.30. The predicted octanol–water partition coefficient (Wildman–Crippen LogP) is 2.75. The third-order valence-corrected chi connectivity index (χ3v) is 2.20. The monoisotopic (exact) mass is 240 g/mol. The van der Waals surface area contributed by atoms with Gasteiger partial charge in [-0.15, -0.1) is 0 Å². The van der Waals surface area contributed by atoms with Gasteiger partial charge in [0.05, 0.1) is 6.54 Å². The van der Waals surface area contributed by atoms with Gasteiger partial charge in [-0.25, -0.2) is 4.39 Å². The molecule has 0 amide bonds. The van der Waals surface area contributed by atoms with Crippen LogP contribution in [-0.4, -0.2) is 16.4 Å². The van der Waals surface area contributed by atoms with Crippen LogP contribution >= 0.6 is 11.6 Å². The second kappa shape index (κ2) is 4.99. The van der Waals surface area contributed by atoms with E-state index in [4.69, 9.17) is 16.3 Å². The lowest BCUT2D eigenvalue weighted by Gasteiger charge is -2.06. The molecule has 0 unspecified atom stereocenters. The summed E-state index contributed by atoms with van der Waals surface area (Å²) >= 11 is 5.69. The lowest BCUT2D eigenvalue weighted by Crippen LogP contribution is -2.08. The minimum atomic E-state index is -0.401. The summed E-state index contributed by atoms with van der Waals surface area (Å²) in [6, 6.07) is 5.95. The maximum absolute atomic E-state index is 12.9. The maximum atomic E-state index is 12.9. The van der Waals surface area contributed by atoms with Gasteiger partial charge in [0, 0.05) is 23.5 Å². The summed E-state index contributed by atoms with van der Waals surface area (Å²) in [6.45, 7) is 1.03. The van der Waals surface area contributed by atoms with Crippen LogP contribution < -0.4 is 4.74 Å². The Morgan fingerprint density at radius 2 is 2.25 bits per heavy atom. The van der Waals surface area contributed by atoms with E-state index in [9.17, 15) is 4.39 Å². The van der Waals surface area contributed by atoms with Crippen LogP contribution in [0.2, 0.25) is 5.02 Å². The molecule has 1 aromatic heterocycles. The summed E-state index contributed by atoms with van der Waals surface area (Å²) in [4.78, 5) is 0. The van der Waals surface area contributed by atoms with Gasteiger partial charge in [0.15, 0.2) is 0 Å². The summed E-state index contributed by atoms with van der Waals surface area (Å²) < 4.78 is 20.0. The Balaban J connectivity index is 1.89. The second-order valence-corrected chi connectivity index (χ2v) is 3.66. The number of rotatable bonds is 4. The first kappa shape index (κ1) is 11.0. The first-order chi connectivity index (χ1) is 7.74. The second-order valence-electron chi connectivity index (χ2n) is 3.22. The van der Waals surface area contributed by atoms with Crippen molar-refractivity contribution < 1.29 is 9.13 Å². The Morgan fingerprint density at radius 3 is 2.94 bits per heavy atom. The van der Waals surface area contributed by atoms with Crippen LogP contribution in [-0.2, 0) is 6.54 Å². The van der Waals surface area contributed by atoms with Crippen molar-refractivity contribution in [1.82, 2.24) is 9.78 Å². The molecule has 3 nitrogen and oxygen atoms in total. The summed E-state index contributed by atoms with van der Waals surface area (Å²) in [5.41, 5.74) is 0. The van der Waals surface area contributed by atoms with Crippen molar-refractivity contribution >= 4 is 11.6 Å². The Morgan fingerprint density at radius 1 is 1.38 bits per heavy atom. The number of ether oxygens (including phenoxy) is 1. The summed E-state index contributed by atoms with van der Waals surface area (Å²) in [6.07, 6.45) is 3.53. The molecule has 0 saturated heterocycles. The molecule has 0 saturated carbocycles. The van der Waals surface area contributed by atoms with E-state index in [2.05, 4.69) is 5.10 Å². The average molecular weight is 241 g/mol. The zero-order chi connectivity index (χ0) is 11.4. The van der Waals surface area contributed by atoms with Crippen molar-refractivity contribution in [3.63, 3.8) is 0 Å². The first-order valence-electron chi connectivity index (χ1n) is 4.80. The Kier molecular flexibility index (Phi) is 3.41. The maximum Gasteiger partial charge on any atom is 0.128 e. The molecule has 1 aromatic carbocycles. The van der Waals surface area contributed by atoms with E-state index >= 15 is 0 Å². The molecule has 0 fully saturated rings. The van der Waals surface area contributed by atoms with Crippen LogP contribution in [0.3, 0.4) is 0 Å². The number of halogens is 2. The van der Waals surface area contributed by atoms with E-state index in [1.165, 1.54) is 12.1 Å². The molecule has 2 rings (SSSR count). The normalized spacial score (nSPS) is 10.4. The molecule has 0 aliphatic rings. The summed E-state index contributed by atoms with van der Waals surface area (Å²) in [5.74, 6) is 0.0266. The number of benzene rings is 1. The smallest absolute Gasteiger partial charge is 0.128 e. The number of nitrogens with zero attached hydrogens (tertiary/aromatic N) is 2. The van der Waals surface area contributed by atoms with E-state index in [-0.39, 0.29) is 0 Å². The van der Waals surface area contributed by atoms with Crippen LogP contribution in [0.4, 0.5) is 4.39 Å². The molecule has 0 N–H and O–H groups in total. The van der Waals surface area contributed by atoms with Crippen LogP contribution in [0.25, 0.3) is 0 Å². The lowest BCUT2D eigenvalue weighted by molar-refractivity contribution is 0.290. The molecule has 2 aromatic rings. The van der Waals surface area contributed by atoms with Gasteiger partial charge < -0.3 is 4.74 Å². The van der Waals surface area contributed by atoms with Crippen molar-refractivity contribution in [3.8, 4) is 5.75 Å². The zero-order valence-corrected chi connectivity index (χ0v) is 9.19. The highest BCUT2D eigenvalue weighted by Crippen LogP contribution is 2.19. The molecule has 84 valence electrons. The lowest BCUT2D eigenvalue weighted by atomic mass is 10.3. The molecule has 0 aliphatic heterocycles. The number of hydrogen-bond donors (Lipinski definition) is 0. The Bertz CT molecular complexity index is 439. The Labute approximate surface area is 97.4 Å². The van der Waals surface area contributed by atoms with Crippen molar-refractivity contribution in [1.29, 1.82) is 0 Å². The van der Waals surface area contributed by atoms with Gasteiger partial charge in [0.25, 0.3) is 0 Å². The van der Waals surface area contributed by atoms with Crippen molar-refractivity contribution in [2.24, 2.45) is 0 Å². The van der Waals surface area contributed by atoms with Crippen LogP contribution in [0.1, 0.15) is 0 Å². The van der Waals surface area contributed by atoms with Gasteiger partial charge in [-0.2, -0.15) is 5.10 Å². The largest absolute Gasteiger partial charge is 0.492 e. The van der Waals surface area contributed by atoms with Crippen LogP contribution in [0.5, 0.6) is 5.75 Å². The highest BCUT2D eigenvalue weighted by Gasteiger charge is 2.00. The van der Waals surface area contributed by atoms with Gasteiger partial charge in [-0.3, -0.25) is 4.68 Å². The average Bonchev–Trinajstić information content (AvgIpc) is 2.69. The molecule has 0 bridgehead atoms. The quantitative estimate of drug-likeness (QED) is 0.822. The molecule has 1 heterocycles. The SMILES string of the molecule is Fc1cc(Cl)cc(OCCn2cccn2)c1. The molecule has 0 radical (unpaired) electrons. The van der Waals surface area contributed by atoms with E-state index in [1.807, 2.05) is 12.3 Å². The molecule has 0 atom stereocenters. The van der Waals surface area contributed by atoms with E-state index in [0.29, 0.717) is 23.9 Å². The third kappa shape index (κ3) is 2.97. The minimum Gasteiger partial charge on any atom is -0.492 e. The standard InChI is InChI=1S/C11H10ClFN2O/c12-9-6-10(13)8-11(7-9)16-5-4-15-3-1-2-14-15/h1-3,6-8H,4-5H2. The topological polar surface area (TPSA) is 27.1 Å². The Hall–Kier alpha value is -1.55. The van der Waals surface area contributed by atoms with Gasteiger partial charge in [-0.05, 0) is 18.2 Å². The molecule has 16 heavy (non-hydrogen) atoms. The van der Waals surface area contributed by atoms with Crippen molar-refractivity contribution in [2.45, 2.75) is 6.54 Å². The fourth-order valence-corrected chi connectivity index (χ4v) is 1.51. The summed E-state index contributed by atoms with van der Waals surface area (Å²) in [7, 11) is 0. The zero-order valence-electron chi connectivity index (χ0n) is 8.44. The van der Waals surface area contributed by atoms with Gasteiger partial charge in [-0.1, -0.05) is 11.6 Å². The first-order valence-corrected chi connectivity index (χ1v) is 5.18. The predicted molar refractivity (Wildman–Crippen MR) is 59.1 cm³/mol. The molecular formula is C11H10ClFN2O. The molecule has 5 heteroatoms. The van der Waals surface area contributed by atoms with Crippen LogP contribution in [0, 0.1) is 5.82 Å². The highest BCUT2D eigenvalue weighted by atomic mass is 35.5. The van der Waals surface area contributed by atoms with Crippen LogP contribution in [0.15, 0.2) is 36.7 Å². The van der Waals surface area contributed by atoms with Crippen molar-refractivity contribution in [3.05, 3.63) is 47.5 Å². The van der Waals surface area contributed by atoms with Gasteiger partial charge >= 0.3 is 0 Å². The fraction of sp³-hybridized carbons (Fsp3) is 0.182. The minimum absolute atomic E-state index is 0.328. The van der Waals surface area contributed by atoms with Gasteiger partial charge in [0.2, 0.25) is 0 Å². The van der Waals surface area contributed by atoms with Gasteiger partial charge in [0.1, 0.15) is 18.2 Å². The third-order valence-electron chi connectivity index (χ3n) is 1.98. The molecule has 0 spiro atoms. The summed E-state index contributed by atoms with van der Waals surface area (Å²) in [5, 5.41) is 4.35. The van der Waals surface area contributed by atoms with E-state index < -0.39 is 5.82 Å². The molecular weight excluding hydrogens is 231 g/mol.